The molecule has 0 aromatic rings. The standard InChI is InChI=1S/C4H6O2.C4H8O/c1-3-4(5)6-2;1-3-4-5-2/h3H,1H2,2H3;3H,1,4H2,2H3. The van der Waals surface area contributed by atoms with E-state index in [1.54, 1.807) is 13.2 Å². The van der Waals surface area contributed by atoms with Crippen LogP contribution in [0.2, 0.25) is 0 Å². The predicted octanol–water partition coefficient (Wildman–Crippen LogP) is 1.16. The second-order valence-corrected chi connectivity index (χ2v) is 1.47. The number of methoxy groups -OCH3 is 2. The van der Waals surface area contributed by atoms with E-state index in [-0.39, 0.29) is 0 Å². The van der Waals surface area contributed by atoms with Crippen LogP contribution in [0, 0.1) is 0 Å². The molecule has 0 aliphatic heterocycles. The van der Waals surface area contributed by atoms with E-state index in [0.29, 0.717) is 6.61 Å². The third-order valence-corrected chi connectivity index (χ3v) is 0.652. The molecular formula is C8H14O3. The molecule has 0 saturated carbocycles. The Morgan fingerprint density at radius 1 is 1.45 bits per heavy atom. The highest BCUT2D eigenvalue weighted by molar-refractivity contribution is 5.80. The SMILES string of the molecule is C=CC(=O)OC.C=CCOC. The molecule has 3 nitrogen and oxygen atoms in total. The lowest BCUT2D eigenvalue weighted by Gasteiger charge is -1.83. The summed E-state index contributed by atoms with van der Waals surface area (Å²) in [4.78, 5) is 9.84. The third kappa shape index (κ3) is 17.6. The van der Waals surface area contributed by atoms with Gasteiger partial charge in [-0.25, -0.2) is 4.79 Å². The lowest BCUT2D eigenvalue weighted by atomic mass is 10.7. The average Bonchev–Trinajstić information content (AvgIpc) is 2.06. The third-order valence-electron chi connectivity index (χ3n) is 0.652. The van der Waals surface area contributed by atoms with Crippen LogP contribution in [0.15, 0.2) is 25.3 Å². The van der Waals surface area contributed by atoms with E-state index in [1.807, 2.05) is 0 Å². The lowest BCUT2D eigenvalue weighted by molar-refractivity contribution is -0.134. The second-order valence-electron chi connectivity index (χ2n) is 1.47. The van der Waals surface area contributed by atoms with E-state index in [0.717, 1.165) is 6.08 Å². The van der Waals surface area contributed by atoms with Gasteiger partial charge in [-0.1, -0.05) is 12.7 Å². The minimum atomic E-state index is -0.394. The molecule has 0 aromatic heterocycles. The molecule has 0 spiro atoms. The van der Waals surface area contributed by atoms with Gasteiger partial charge in [-0.05, 0) is 0 Å². The number of carbonyl (C=O) groups excluding carboxylic acids is 1. The van der Waals surface area contributed by atoms with Gasteiger partial charge in [0.25, 0.3) is 0 Å². The molecule has 0 fully saturated rings. The largest absolute Gasteiger partial charge is 0.466 e. The van der Waals surface area contributed by atoms with Crippen molar-refractivity contribution in [3.63, 3.8) is 0 Å². The van der Waals surface area contributed by atoms with Crippen molar-refractivity contribution in [2.24, 2.45) is 0 Å². The first-order valence-corrected chi connectivity index (χ1v) is 3.03. The Balaban J connectivity index is 0. The quantitative estimate of drug-likeness (QED) is 0.351. The van der Waals surface area contributed by atoms with Gasteiger partial charge in [-0.15, -0.1) is 6.58 Å². The number of rotatable bonds is 3. The van der Waals surface area contributed by atoms with Gasteiger partial charge in [0.2, 0.25) is 0 Å². The molecule has 0 rings (SSSR count). The van der Waals surface area contributed by atoms with Crippen LogP contribution in [0.1, 0.15) is 0 Å². The topological polar surface area (TPSA) is 35.5 Å². The summed E-state index contributed by atoms with van der Waals surface area (Å²) in [6.07, 6.45) is 2.82. The molecule has 0 heterocycles. The number of carbonyl (C=O) groups is 1. The summed E-state index contributed by atoms with van der Waals surface area (Å²) in [6.45, 7) is 7.24. The second kappa shape index (κ2) is 11.7. The Bertz CT molecular complexity index is 119. The summed E-state index contributed by atoms with van der Waals surface area (Å²) in [5, 5.41) is 0. The Kier molecular flexibility index (Phi) is 13.3. The lowest BCUT2D eigenvalue weighted by Crippen LogP contribution is -1.91. The molecule has 0 unspecified atom stereocenters. The zero-order valence-electron chi connectivity index (χ0n) is 7.00. The van der Waals surface area contributed by atoms with E-state index in [2.05, 4.69) is 22.6 Å². The van der Waals surface area contributed by atoms with Gasteiger partial charge in [0.15, 0.2) is 0 Å². The van der Waals surface area contributed by atoms with Gasteiger partial charge >= 0.3 is 5.97 Å². The predicted molar refractivity (Wildman–Crippen MR) is 44.3 cm³/mol. The summed E-state index contributed by atoms with van der Waals surface area (Å²) in [7, 11) is 2.95. The van der Waals surface area contributed by atoms with Crippen LogP contribution in [0.5, 0.6) is 0 Å². The van der Waals surface area contributed by atoms with Crippen molar-refractivity contribution in [3.05, 3.63) is 25.3 Å². The van der Waals surface area contributed by atoms with Gasteiger partial charge in [0.1, 0.15) is 0 Å². The van der Waals surface area contributed by atoms with Crippen molar-refractivity contribution in [2.45, 2.75) is 0 Å². The minimum absolute atomic E-state index is 0.394. The highest BCUT2D eigenvalue weighted by Gasteiger charge is 1.81. The number of hydrogen-bond donors (Lipinski definition) is 0. The Morgan fingerprint density at radius 3 is 2.00 bits per heavy atom. The fourth-order valence-electron chi connectivity index (χ4n) is 0.201. The number of ether oxygens (including phenoxy) is 2. The van der Waals surface area contributed by atoms with Gasteiger partial charge < -0.3 is 9.47 Å². The van der Waals surface area contributed by atoms with Crippen LogP contribution in [0.4, 0.5) is 0 Å². The van der Waals surface area contributed by atoms with Crippen LogP contribution in [0.3, 0.4) is 0 Å². The molecule has 0 bridgehead atoms. The van der Waals surface area contributed by atoms with Crippen LogP contribution in [-0.2, 0) is 14.3 Å². The Morgan fingerprint density at radius 2 is 2.00 bits per heavy atom. The van der Waals surface area contributed by atoms with E-state index >= 15 is 0 Å². The van der Waals surface area contributed by atoms with Crippen LogP contribution in [0.25, 0.3) is 0 Å². The Labute approximate surface area is 67.3 Å². The van der Waals surface area contributed by atoms with E-state index in [1.165, 1.54) is 7.11 Å². The molecule has 0 N–H and O–H groups in total. The van der Waals surface area contributed by atoms with E-state index in [4.69, 9.17) is 0 Å². The zero-order chi connectivity index (χ0) is 9.11. The number of hydrogen-bond acceptors (Lipinski definition) is 3. The van der Waals surface area contributed by atoms with Crippen molar-refractivity contribution in [1.29, 1.82) is 0 Å². The average molecular weight is 158 g/mol. The fourth-order valence-corrected chi connectivity index (χ4v) is 0.201. The molecule has 0 amide bonds. The van der Waals surface area contributed by atoms with Gasteiger partial charge in [0, 0.05) is 13.2 Å². The van der Waals surface area contributed by atoms with Crippen molar-refractivity contribution in [3.8, 4) is 0 Å². The monoisotopic (exact) mass is 158 g/mol. The maximum absolute atomic E-state index is 9.84. The number of esters is 1. The van der Waals surface area contributed by atoms with Crippen LogP contribution in [-0.4, -0.2) is 26.8 Å². The molecule has 0 saturated heterocycles. The fraction of sp³-hybridized carbons (Fsp3) is 0.375. The molecule has 3 heteroatoms. The van der Waals surface area contributed by atoms with Gasteiger partial charge in [-0.3, -0.25) is 0 Å². The first kappa shape index (κ1) is 12.6. The van der Waals surface area contributed by atoms with Gasteiger partial charge in [-0.2, -0.15) is 0 Å². The van der Waals surface area contributed by atoms with Crippen molar-refractivity contribution < 1.29 is 14.3 Å². The maximum Gasteiger partial charge on any atom is 0.329 e. The summed E-state index contributed by atoms with van der Waals surface area (Å²) in [5.41, 5.74) is 0. The minimum Gasteiger partial charge on any atom is -0.466 e. The highest BCUT2D eigenvalue weighted by Crippen LogP contribution is 1.67. The van der Waals surface area contributed by atoms with Gasteiger partial charge in [0.05, 0.1) is 13.7 Å². The summed E-state index contributed by atoms with van der Waals surface area (Å²) in [6, 6.07) is 0. The van der Waals surface area contributed by atoms with Crippen molar-refractivity contribution in [2.75, 3.05) is 20.8 Å². The normalized spacial score (nSPS) is 7.09. The first-order valence-electron chi connectivity index (χ1n) is 3.03. The molecule has 0 radical (unpaired) electrons. The maximum atomic E-state index is 9.84. The Hall–Kier alpha value is -1.09. The molecule has 0 atom stereocenters. The summed E-state index contributed by atoms with van der Waals surface area (Å²) < 4.78 is 8.72. The smallest absolute Gasteiger partial charge is 0.329 e. The van der Waals surface area contributed by atoms with Crippen LogP contribution < -0.4 is 0 Å². The van der Waals surface area contributed by atoms with Crippen molar-refractivity contribution >= 4 is 5.97 Å². The highest BCUT2D eigenvalue weighted by atomic mass is 16.5. The van der Waals surface area contributed by atoms with E-state index < -0.39 is 5.97 Å². The molecule has 64 valence electrons. The molecule has 0 aromatic carbocycles. The molecule has 0 aliphatic carbocycles. The summed E-state index contributed by atoms with van der Waals surface area (Å²) >= 11 is 0. The molecule has 0 aliphatic rings. The van der Waals surface area contributed by atoms with E-state index in [9.17, 15) is 4.79 Å². The summed E-state index contributed by atoms with van der Waals surface area (Å²) in [5.74, 6) is -0.394. The van der Waals surface area contributed by atoms with Crippen molar-refractivity contribution in [1.82, 2.24) is 0 Å². The molecule has 11 heavy (non-hydrogen) atoms. The zero-order valence-corrected chi connectivity index (χ0v) is 7.00. The molecular weight excluding hydrogens is 144 g/mol. The first-order chi connectivity index (χ1) is 5.22. The van der Waals surface area contributed by atoms with Crippen LogP contribution >= 0.6 is 0 Å².